The molecule has 0 radical (unpaired) electrons. The summed E-state index contributed by atoms with van der Waals surface area (Å²) in [4.78, 5) is 26.6. The number of nitrogens with zero attached hydrogens (tertiary/aromatic N) is 1. The number of nitrogens with one attached hydrogen (secondary N) is 2. The molecule has 2 N–H and O–H groups in total. The molecule has 0 atom stereocenters. The van der Waals surface area contributed by atoms with Gasteiger partial charge in [0.05, 0.1) is 6.10 Å². The second-order valence-electron chi connectivity index (χ2n) is 7.95. The van der Waals surface area contributed by atoms with Gasteiger partial charge in [0.25, 0.3) is 0 Å². The fourth-order valence-electron chi connectivity index (χ4n) is 3.79. The zero-order valence-corrected chi connectivity index (χ0v) is 17.8. The van der Waals surface area contributed by atoms with Crippen LogP contribution in [0.4, 0.5) is 0 Å². The maximum Gasteiger partial charge on any atom is 0.223 e. The van der Waals surface area contributed by atoms with Crippen LogP contribution in [-0.4, -0.2) is 62.1 Å². The molecule has 2 rings (SSSR count). The Morgan fingerprint density at radius 1 is 1.15 bits per heavy atom. The van der Waals surface area contributed by atoms with Gasteiger partial charge in [-0.2, -0.15) is 0 Å². The van der Waals surface area contributed by atoms with Crippen molar-refractivity contribution in [2.45, 2.75) is 64.9 Å². The van der Waals surface area contributed by atoms with Crippen molar-refractivity contribution in [3.8, 4) is 0 Å². The molecule has 0 aromatic carbocycles. The van der Waals surface area contributed by atoms with E-state index in [0.717, 1.165) is 51.9 Å². The predicted octanol–water partition coefficient (Wildman–Crippen LogP) is 2.36. The van der Waals surface area contributed by atoms with E-state index in [2.05, 4.69) is 10.6 Å². The van der Waals surface area contributed by atoms with Crippen molar-refractivity contribution in [2.75, 3.05) is 39.3 Å². The summed E-state index contributed by atoms with van der Waals surface area (Å²) >= 11 is 0. The first-order valence-corrected chi connectivity index (χ1v) is 10.4. The van der Waals surface area contributed by atoms with E-state index in [4.69, 9.17) is 4.74 Å². The topological polar surface area (TPSA) is 70.7 Å². The number of hydrogen-bond donors (Lipinski definition) is 2. The minimum absolute atomic E-state index is 0. The van der Waals surface area contributed by atoms with Gasteiger partial charge in [0, 0.05) is 38.6 Å². The minimum atomic E-state index is 0. The quantitative estimate of drug-likeness (QED) is 0.580. The van der Waals surface area contributed by atoms with E-state index in [-0.39, 0.29) is 36.2 Å². The van der Waals surface area contributed by atoms with Crippen LogP contribution < -0.4 is 10.6 Å². The molecule has 158 valence electrons. The van der Waals surface area contributed by atoms with Crippen molar-refractivity contribution >= 4 is 24.2 Å². The lowest BCUT2D eigenvalue weighted by molar-refractivity contribution is -0.135. The summed E-state index contributed by atoms with van der Waals surface area (Å²) < 4.78 is 5.48. The first kappa shape index (κ1) is 24.2. The summed E-state index contributed by atoms with van der Waals surface area (Å²) in [5, 5.41) is 6.38. The number of likely N-dealkylation sites (tertiary alicyclic amines) is 1. The highest BCUT2D eigenvalue weighted by Gasteiger charge is 2.27. The Labute approximate surface area is 170 Å². The fraction of sp³-hybridized carbons (Fsp3) is 0.900. The second kappa shape index (κ2) is 13.3. The molecule has 2 aliphatic heterocycles. The van der Waals surface area contributed by atoms with Gasteiger partial charge in [-0.1, -0.05) is 0 Å². The Balaban J connectivity index is 0.00000364. The van der Waals surface area contributed by atoms with Crippen LogP contribution in [0.1, 0.15) is 58.8 Å². The van der Waals surface area contributed by atoms with Crippen LogP contribution in [0.3, 0.4) is 0 Å². The molecule has 2 aliphatic rings. The molecule has 0 aromatic heterocycles. The van der Waals surface area contributed by atoms with Crippen LogP contribution in [0.2, 0.25) is 0 Å². The maximum atomic E-state index is 12.4. The van der Waals surface area contributed by atoms with Crippen molar-refractivity contribution in [1.82, 2.24) is 15.5 Å². The van der Waals surface area contributed by atoms with Gasteiger partial charge in [-0.05, 0) is 71.4 Å². The van der Waals surface area contributed by atoms with Gasteiger partial charge in [0.2, 0.25) is 11.8 Å². The molecule has 7 heteroatoms. The van der Waals surface area contributed by atoms with Crippen LogP contribution in [0.15, 0.2) is 0 Å². The van der Waals surface area contributed by atoms with E-state index in [0.29, 0.717) is 25.5 Å². The Morgan fingerprint density at radius 3 is 2.44 bits per heavy atom. The normalized spacial score (nSPS) is 19.0. The molecule has 0 aliphatic carbocycles. The number of amides is 2. The van der Waals surface area contributed by atoms with Crippen LogP contribution in [0.25, 0.3) is 0 Å². The van der Waals surface area contributed by atoms with Crippen LogP contribution in [0, 0.1) is 11.8 Å². The van der Waals surface area contributed by atoms with E-state index in [1.165, 1.54) is 12.8 Å². The van der Waals surface area contributed by atoms with Gasteiger partial charge in [0.15, 0.2) is 0 Å². The lowest BCUT2D eigenvalue weighted by atomic mass is 9.92. The number of ether oxygens (including phenoxy) is 1. The molecule has 0 aromatic rings. The largest absolute Gasteiger partial charge is 0.379 e. The first-order valence-electron chi connectivity index (χ1n) is 10.4. The van der Waals surface area contributed by atoms with Crippen molar-refractivity contribution in [1.29, 1.82) is 0 Å². The molecule has 27 heavy (non-hydrogen) atoms. The predicted molar refractivity (Wildman–Crippen MR) is 110 cm³/mol. The molecule has 0 saturated carbocycles. The number of halogens is 1. The maximum absolute atomic E-state index is 12.4. The molecule has 0 unspecified atom stereocenters. The molecular weight excluding hydrogens is 366 g/mol. The second-order valence-corrected chi connectivity index (χ2v) is 7.95. The van der Waals surface area contributed by atoms with E-state index in [9.17, 15) is 9.59 Å². The summed E-state index contributed by atoms with van der Waals surface area (Å²) in [6.45, 7) is 8.99. The number of carbonyl (C=O) groups is 2. The molecule has 6 nitrogen and oxygen atoms in total. The molecule has 2 fully saturated rings. The van der Waals surface area contributed by atoms with Crippen LogP contribution in [-0.2, 0) is 14.3 Å². The van der Waals surface area contributed by atoms with Crippen molar-refractivity contribution < 1.29 is 14.3 Å². The lowest BCUT2D eigenvalue weighted by Gasteiger charge is -2.32. The number of hydrogen-bond acceptors (Lipinski definition) is 4. The third-order valence-corrected chi connectivity index (χ3v) is 5.52. The smallest absolute Gasteiger partial charge is 0.223 e. The average molecular weight is 404 g/mol. The molecule has 2 heterocycles. The number of carbonyl (C=O) groups excluding carboxylic acids is 2. The molecule has 2 saturated heterocycles. The average Bonchev–Trinajstić information content (AvgIpc) is 2.66. The van der Waals surface area contributed by atoms with Crippen LogP contribution >= 0.6 is 12.4 Å². The van der Waals surface area contributed by atoms with Gasteiger partial charge >= 0.3 is 0 Å². The highest BCUT2D eigenvalue weighted by Crippen LogP contribution is 2.21. The fourth-order valence-corrected chi connectivity index (χ4v) is 3.79. The summed E-state index contributed by atoms with van der Waals surface area (Å²) in [6.07, 6.45) is 6.72. The number of piperidine rings is 2. The Hall–Kier alpha value is -0.850. The molecular formula is C20H38ClN3O3. The zero-order valence-electron chi connectivity index (χ0n) is 17.0. The summed E-state index contributed by atoms with van der Waals surface area (Å²) in [5.41, 5.74) is 0. The van der Waals surface area contributed by atoms with Crippen molar-refractivity contribution in [3.63, 3.8) is 0 Å². The Bertz CT molecular complexity index is 434. The van der Waals surface area contributed by atoms with Crippen LogP contribution in [0.5, 0.6) is 0 Å². The van der Waals surface area contributed by atoms with E-state index in [1.807, 2.05) is 18.7 Å². The van der Waals surface area contributed by atoms with E-state index in [1.54, 1.807) is 0 Å². The first-order chi connectivity index (χ1) is 12.6. The summed E-state index contributed by atoms with van der Waals surface area (Å²) in [5.74, 6) is 1.15. The summed E-state index contributed by atoms with van der Waals surface area (Å²) in [7, 11) is 0. The minimum Gasteiger partial charge on any atom is -0.379 e. The Morgan fingerprint density at radius 2 is 1.81 bits per heavy atom. The zero-order chi connectivity index (χ0) is 18.8. The number of rotatable bonds is 9. The SMILES string of the molecule is CC(C)OCCCNC(=O)C1CCN(C(=O)CCC2CCNCC2)CC1.Cl. The standard InChI is InChI=1S/C20H37N3O3.ClH/c1-16(2)26-15-3-10-22-20(25)18-8-13-23(14-9-18)19(24)5-4-17-6-11-21-12-7-17;/h16-18,21H,3-15H2,1-2H3,(H,22,25);1H. The molecule has 0 spiro atoms. The van der Waals surface area contributed by atoms with Gasteiger partial charge in [-0.25, -0.2) is 0 Å². The van der Waals surface area contributed by atoms with Gasteiger partial charge in [-0.15, -0.1) is 12.4 Å². The highest BCUT2D eigenvalue weighted by atomic mass is 35.5. The molecule has 0 bridgehead atoms. The monoisotopic (exact) mass is 403 g/mol. The summed E-state index contributed by atoms with van der Waals surface area (Å²) in [6, 6.07) is 0. The van der Waals surface area contributed by atoms with Gasteiger partial charge < -0.3 is 20.3 Å². The highest BCUT2D eigenvalue weighted by molar-refractivity contribution is 5.85. The van der Waals surface area contributed by atoms with Gasteiger partial charge in [-0.3, -0.25) is 9.59 Å². The van der Waals surface area contributed by atoms with E-state index < -0.39 is 0 Å². The molecule has 2 amide bonds. The Kier molecular flexibility index (Phi) is 12.0. The lowest BCUT2D eigenvalue weighted by Crippen LogP contribution is -2.43. The third kappa shape index (κ3) is 9.26. The van der Waals surface area contributed by atoms with E-state index >= 15 is 0 Å². The third-order valence-electron chi connectivity index (χ3n) is 5.52. The van der Waals surface area contributed by atoms with Crippen molar-refractivity contribution in [2.24, 2.45) is 11.8 Å². The van der Waals surface area contributed by atoms with Crippen molar-refractivity contribution in [3.05, 3.63) is 0 Å². The van der Waals surface area contributed by atoms with Gasteiger partial charge in [0.1, 0.15) is 0 Å².